The average Bonchev–Trinajstić information content (AvgIpc) is 3.34. The van der Waals surface area contributed by atoms with Crippen LogP contribution in [0.3, 0.4) is 0 Å². The number of rotatable bonds is 11. The van der Waals surface area contributed by atoms with Gasteiger partial charge in [0.1, 0.15) is 17.6 Å². The lowest BCUT2D eigenvalue weighted by atomic mass is 9.65. The summed E-state index contributed by atoms with van der Waals surface area (Å²) in [5, 5.41) is 19.5. The van der Waals surface area contributed by atoms with Crippen molar-refractivity contribution in [3.8, 4) is 0 Å². The van der Waals surface area contributed by atoms with Gasteiger partial charge in [0.2, 0.25) is 11.8 Å². The molecular weight excluding hydrogens is 448 g/mol. The molecule has 3 fully saturated rings. The highest BCUT2D eigenvalue weighted by atomic mass is 16.5. The van der Waals surface area contributed by atoms with Gasteiger partial charge >= 0.3 is 5.97 Å². The molecule has 0 aromatic heterocycles. The van der Waals surface area contributed by atoms with Crippen LogP contribution in [0.15, 0.2) is 12.7 Å². The number of likely N-dealkylation sites (tertiary alicyclic amines) is 1. The van der Waals surface area contributed by atoms with Gasteiger partial charge in [0.05, 0.1) is 11.5 Å². The summed E-state index contributed by atoms with van der Waals surface area (Å²) in [6.07, 6.45) is 4.94. The van der Waals surface area contributed by atoms with Gasteiger partial charge < -0.3 is 24.7 Å². The van der Waals surface area contributed by atoms with Crippen LogP contribution in [0.2, 0.25) is 0 Å². The maximum Gasteiger partial charge on any atom is 0.310 e. The van der Waals surface area contributed by atoms with E-state index in [-0.39, 0.29) is 30.4 Å². The monoisotopic (exact) mass is 492 g/mol. The summed E-state index contributed by atoms with van der Waals surface area (Å²) in [6.45, 7) is 16.8. The Morgan fingerprint density at radius 1 is 1.23 bits per heavy atom. The van der Waals surface area contributed by atoms with E-state index in [0.29, 0.717) is 38.6 Å². The second-order valence-corrected chi connectivity index (χ2v) is 12.4. The molecule has 8 heteroatoms. The maximum absolute atomic E-state index is 14.5. The minimum absolute atomic E-state index is 0.0103. The van der Waals surface area contributed by atoms with Gasteiger partial charge in [-0.2, -0.15) is 0 Å². The van der Waals surface area contributed by atoms with Crippen molar-refractivity contribution in [3.63, 3.8) is 0 Å². The number of carboxylic acid groups (broad SMARTS) is 1. The second-order valence-electron chi connectivity index (χ2n) is 12.4. The van der Waals surface area contributed by atoms with E-state index < -0.39 is 40.6 Å². The molecule has 0 aromatic rings. The normalized spacial score (nSPS) is 32.1. The molecule has 3 heterocycles. The number of carboxylic acids is 1. The predicted octanol–water partition coefficient (Wildman–Crippen LogP) is 3.23. The maximum atomic E-state index is 14.5. The lowest BCUT2D eigenvalue weighted by Gasteiger charge is -2.45. The highest BCUT2D eigenvalue weighted by Gasteiger charge is 2.79. The first kappa shape index (κ1) is 27.7. The summed E-state index contributed by atoms with van der Waals surface area (Å²) >= 11 is 0. The van der Waals surface area contributed by atoms with E-state index in [1.165, 1.54) is 0 Å². The van der Waals surface area contributed by atoms with Crippen molar-refractivity contribution in [2.24, 2.45) is 17.3 Å². The lowest BCUT2D eigenvalue weighted by Crippen LogP contribution is -2.61. The van der Waals surface area contributed by atoms with Crippen LogP contribution in [0.4, 0.5) is 0 Å². The molecule has 0 saturated carbocycles. The molecule has 8 nitrogen and oxygen atoms in total. The Hall–Kier alpha value is -1.93. The summed E-state index contributed by atoms with van der Waals surface area (Å²) < 4.78 is 6.61. The van der Waals surface area contributed by atoms with Gasteiger partial charge in [-0.3, -0.25) is 14.4 Å². The molecule has 3 aliphatic heterocycles. The van der Waals surface area contributed by atoms with Crippen LogP contribution in [0, 0.1) is 17.3 Å². The van der Waals surface area contributed by atoms with Crippen LogP contribution in [0.1, 0.15) is 80.1 Å². The molecule has 0 radical (unpaired) electrons. The third-order valence-electron chi connectivity index (χ3n) is 8.26. The molecule has 35 heavy (non-hydrogen) atoms. The van der Waals surface area contributed by atoms with E-state index in [2.05, 4.69) is 27.4 Å². The number of aliphatic hydroxyl groups is 1. The Bertz CT molecular complexity index is 864. The topological polar surface area (TPSA) is 107 Å². The Morgan fingerprint density at radius 2 is 1.89 bits per heavy atom. The summed E-state index contributed by atoms with van der Waals surface area (Å²) in [5.74, 6) is -3.41. The van der Waals surface area contributed by atoms with Crippen LogP contribution in [-0.4, -0.2) is 80.3 Å². The first-order valence-corrected chi connectivity index (χ1v) is 13.0. The van der Waals surface area contributed by atoms with Crippen LogP contribution >= 0.6 is 0 Å². The van der Waals surface area contributed by atoms with Crippen LogP contribution in [0.5, 0.6) is 0 Å². The zero-order valence-corrected chi connectivity index (χ0v) is 22.3. The minimum atomic E-state index is -1.15. The van der Waals surface area contributed by atoms with Crippen molar-refractivity contribution < 1.29 is 29.3 Å². The number of carbonyl (C=O) groups excluding carboxylic acids is 2. The molecular formula is C27H44N2O6. The van der Waals surface area contributed by atoms with Gasteiger partial charge in [-0.1, -0.05) is 33.8 Å². The summed E-state index contributed by atoms with van der Waals surface area (Å²) in [5.41, 5.74) is -2.64. The molecule has 0 aromatic carbocycles. The summed E-state index contributed by atoms with van der Waals surface area (Å²) in [4.78, 5) is 44.1. The van der Waals surface area contributed by atoms with Crippen molar-refractivity contribution in [1.82, 2.24) is 9.80 Å². The number of aliphatic carboxylic acids is 1. The first-order chi connectivity index (χ1) is 16.2. The van der Waals surface area contributed by atoms with Crippen LogP contribution < -0.4 is 0 Å². The van der Waals surface area contributed by atoms with Gasteiger partial charge in [-0.05, 0) is 57.8 Å². The van der Waals surface area contributed by atoms with E-state index in [4.69, 9.17) is 4.74 Å². The Kier molecular flexibility index (Phi) is 7.51. The zero-order chi connectivity index (χ0) is 26.4. The van der Waals surface area contributed by atoms with Crippen LogP contribution in [-0.2, 0) is 19.1 Å². The molecule has 2 amide bonds. The molecule has 3 rings (SSSR count). The van der Waals surface area contributed by atoms with Gasteiger partial charge in [0.25, 0.3) is 0 Å². The SMILES string of the molecule is C=CCN(C(=O)C1N(CCCCO)C(=O)[C@@H]2[C@@H](C(=O)O)[C@@]3(CC)CCC12O3)C(C)(C)CC(C)(C)C. The van der Waals surface area contributed by atoms with Crippen molar-refractivity contribution in [1.29, 1.82) is 0 Å². The van der Waals surface area contributed by atoms with E-state index >= 15 is 0 Å². The molecule has 2 N–H and O–H groups in total. The van der Waals surface area contributed by atoms with Crippen molar-refractivity contribution >= 4 is 17.8 Å². The minimum Gasteiger partial charge on any atom is -0.481 e. The largest absolute Gasteiger partial charge is 0.481 e. The van der Waals surface area contributed by atoms with Gasteiger partial charge in [0.15, 0.2) is 0 Å². The van der Waals surface area contributed by atoms with Crippen molar-refractivity contribution in [2.75, 3.05) is 19.7 Å². The quantitative estimate of drug-likeness (QED) is 0.339. The van der Waals surface area contributed by atoms with E-state index in [9.17, 15) is 24.6 Å². The van der Waals surface area contributed by atoms with Gasteiger partial charge in [-0.25, -0.2) is 0 Å². The highest BCUT2D eigenvalue weighted by molar-refractivity contribution is 5.98. The second kappa shape index (κ2) is 9.51. The molecule has 0 aliphatic carbocycles. The fraction of sp³-hybridized carbons (Fsp3) is 0.815. The number of hydrogen-bond acceptors (Lipinski definition) is 5. The predicted molar refractivity (Wildman–Crippen MR) is 133 cm³/mol. The smallest absolute Gasteiger partial charge is 0.310 e. The van der Waals surface area contributed by atoms with Gasteiger partial charge in [-0.15, -0.1) is 6.58 Å². The van der Waals surface area contributed by atoms with Crippen LogP contribution in [0.25, 0.3) is 0 Å². The molecule has 3 aliphatic rings. The summed E-state index contributed by atoms with van der Waals surface area (Å²) in [6, 6.07) is -0.893. The molecule has 2 unspecified atom stereocenters. The molecule has 3 saturated heterocycles. The number of fused-ring (bicyclic) bond motifs is 1. The van der Waals surface area contributed by atoms with E-state index in [1.54, 1.807) is 15.9 Å². The number of hydrogen-bond donors (Lipinski definition) is 2. The molecule has 1 spiro atoms. The fourth-order valence-corrected chi connectivity index (χ4v) is 7.31. The Labute approximate surface area is 209 Å². The zero-order valence-electron chi connectivity index (χ0n) is 22.3. The number of nitrogens with zero attached hydrogens (tertiary/aromatic N) is 2. The number of unbranched alkanes of at least 4 members (excludes halogenated alkanes) is 1. The van der Waals surface area contributed by atoms with E-state index in [0.717, 1.165) is 6.42 Å². The Morgan fingerprint density at radius 3 is 2.40 bits per heavy atom. The van der Waals surface area contributed by atoms with Gasteiger partial charge in [0, 0.05) is 25.2 Å². The number of amides is 2. The fourth-order valence-electron chi connectivity index (χ4n) is 7.31. The first-order valence-electron chi connectivity index (χ1n) is 13.0. The third kappa shape index (κ3) is 4.52. The number of ether oxygens (including phenoxy) is 1. The number of carbonyl (C=O) groups is 3. The lowest BCUT2D eigenvalue weighted by molar-refractivity contribution is -0.160. The standard InChI is InChI=1S/C27H44N2O6/c1-8-14-29(25(6,7)17-24(3,4)5)22(32)20-27-13-12-26(9-2,35-27)19(23(33)34)18(27)21(31)28(20)15-10-11-16-30/h8,18-20,30H,1,9-17H2,2-7H3,(H,33,34)/t18-,19-,20?,26+,27?/m0/s1. The third-order valence-corrected chi connectivity index (χ3v) is 8.26. The molecule has 198 valence electrons. The highest BCUT2D eigenvalue weighted by Crippen LogP contribution is 2.64. The molecule has 5 atom stereocenters. The Balaban J connectivity index is 2.10. The molecule has 2 bridgehead atoms. The van der Waals surface area contributed by atoms with Crippen molar-refractivity contribution in [2.45, 2.75) is 103 Å². The summed E-state index contributed by atoms with van der Waals surface area (Å²) in [7, 11) is 0. The number of aliphatic hydroxyl groups excluding tert-OH is 1. The van der Waals surface area contributed by atoms with E-state index in [1.807, 2.05) is 20.8 Å². The average molecular weight is 493 g/mol. The van der Waals surface area contributed by atoms with Crippen molar-refractivity contribution in [3.05, 3.63) is 12.7 Å².